The maximum absolute atomic E-state index is 12.8. The third kappa shape index (κ3) is 4.66. The fourth-order valence-electron chi connectivity index (χ4n) is 2.58. The number of hydrazine groups is 1. The number of anilines is 1. The molecule has 0 aliphatic carbocycles. The number of fused-ring (bicyclic) bond motifs is 1. The number of hydrogen-bond acceptors (Lipinski definition) is 5. The summed E-state index contributed by atoms with van der Waals surface area (Å²) in [6.07, 6.45) is -4.79. The topological polar surface area (TPSA) is 105 Å². The molecule has 3 rings (SSSR count). The van der Waals surface area contributed by atoms with Crippen LogP contribution < -0.4 is 19.9 Å². The zero-order chi connectivity index (χ0) is 22.1. The van der Waals surface area contributed by atoms with Gasteiger partial charge in [0.2, 0.25) is 0 Å². The highest BCUT2D eigenvalue weighted by molar-refractivity contribution is 7.89. The zero-order valence-electron chi connectivity index (χ0n) is 14.9. The lowest BCUT2D eigenvalue weighted by Crippen LogP contribution is -2.49. The van der Waals surface area contributed by atoms with E-state index in [1.165, 1.54) is 6.07 Å². The van der Waals surface area contributed by atoms with E-state index in [4.69, 9.17) is 16.3 Å². The van der Waals surface area contributed by atoms with Gasteiger partial charge in [0.25, 0.3) is 21.8 Å². The molecule has 30 heavy (non-hydrogen) atoms. The lowest BCUT2D eigenvalue weighted by molar-refractivity contribution is -0.137. The molecule has 0 saturated carbocycles. The highest BCUT2D eigenvalue weighted by Crippen LogP contribution is 2.33. The van der Waals surface area contributed by atoms with E-state index in [1.807, 2.05) is 5.43 Å². The summed E-state index contributed by atoms with van der Waals surface area (Å²) in [5.74, 6) is -1.11. The van der Waals surface area contributed by atoms with Crippen LogP contribution in [0.1, 0.15) is 5.56 Å². The number of nitrogens with one attached hydrogen (secondary N) is 2. The number of alkyl halides is 3. The number of halogens is 4. The predicted octanol–water partition coefficient (Wildman–Crippen LogP) is 2.09. The molecule has 13 heteroatoms. The minimum atomic E-state index is -4.79. The molecule has 1 aliphatic heterocycles. The number of sulfonamides is 1. The van der Waals surface area contributed by atoms with E-state index in [0.717, 1.165) is 11.0 Å². The molecular formula is C17H13ClF3N3O5S. The summed E-state index contributed by atoms with van der Waals surface area (Å²) in [5.41, 5.74) is 0.939. The Morgan fingerprint density at radius 2 is 1.90 bits per heavy atom. The zero-order valence-corrected chi connectivity index (χ0v) is 16.4. The van der Waals surface area contributed by atoms with Crippen molar-refractivity contribution < 1.29 is 35.9 Å². The largest absolute Gasteiger partial charge is 0.482 e. The Balaban J connectivity index is 1.73. The summed E-state index contributed by atoms with van der Waals surface area (Å²) in [6, 6.07) is 8.16. The number of benzene rings is 2. The van der Waals surface area contributed by atoms with Gasteiger partial charge in [-0.25, -0.2) is 8.42 Å². The van der Waals surface area contributed by atoms with Gasteiger partial charge >= 0.3 is 6.18 Å². The summed E-state index contributed by atoms with van der Waals surface area (Å²) in [6.45, 7) is -0.867. The number of rotatable bonds is 5. The third-order valence-electron chi connectivity index (χ3n) is 3.98. The molecular weight excluding hydrogens is 451 g/mol. The number of amides is 2. The number of carbonyl (C=O) groups excluding carboxylic acids is 2. The quantitative estimate of drug-likeness (QED) is 0.661. The van der Waals surface area contributed by atoms with Crippen molar-refractivity contribution in [3.05, 3.63) is 53.1 Å². The maximum atomic E-state index is 12.8. The Hall–Kier alpha value is -2.83. The van der Waals surface area contributed by atoms with E-state index in [-0.39, 0.29) is 6.61 Å². The monoisotopic (exact) mass is 463 g/mol. The fraction of sp³-hybridized carbons (Fsp3) is 0.176. The van der Waals surface area contributed by atoms with Crippen molar-refractivity contribution in [2.75, 3.05) is 18.1 Å². The van der Waals surface area contributed by atoms with Gasteiger partial charge in [0.05, 0.1) is 16.3 Å². The Bertz CT molecular complexity index is 1110. The van der Waals surface area contributed by atoms with E-state index in [2.05, 4.69) is 0 Å². The normalized spacial score (nSPS) is 14.1. The van der Waals surface area contributed by atoms with Crippen LogP contribution in [0, 0.1) is 0 Å². The van der Waals surface area contributed by atoms with E-state index in [1.54, 1.807) is 23.0 Å². The Labute approximate surface area is 173 Å². The second-order valence-electron chi connectivity index (χ2n) is 6.03. The van der Waals surface area contributed by atoms with Crippen molar-refractivity contribution in [1.29, 1.82) is 0 Å². The minimum Gasteiger partial charge on any atom is -0.482 e. The molecule has 2 N–H and O–H groups in total. The van der Waals surface area contributed by atoms with Crippen molar-refractivity contribution in [3.63, 3.8) is 0 Å². The molecule has 0 fully saturated rings. The van der Waals surface area contributed by atoms with E-state index in [0.29, 0.717) is 23.6 Å². The Morgan fingerprint density at radius 1 is 1.20 bits per heavy atom. The van der Waals surface area contributed by atoms with Gasteiger partial charge in [-0.1, -0.05) is 23.7 Å². The molecule has 0 spiro atoms. The van der Waals surface area contributed by atoms with Crippen LogP contribution in [0.3, 0.4) is 0 Å². The van der Waals surface area contributed by atoms with Gasteiger partial charge in [-0.2, -0.15) is 13.2 Å². The molecule has 1 aliphatic rings. The Morgan fingerprint density at radius 3 is 2.60 bits per heavy atom. The van der Waals surface area contributed by atoms with Crippen LogP contribution in [0.2, 0.25) is 5.02 Å². The van der Waals surface area contributed by atoms with Crippen molar-refractivity contribution in [2.45, 2.75) is 11.1 Å². The fourth-order valence-corrected chi connectivity index (χ4v) is 3.96. The van der Waals surface area contributed by atoms with Crippen molar-refractivity contribution in [2.24, 2.45) is 0 Å². The van der Waals surface area contributed by atoms with Crippen molar-refractivity contribution in [1.82, 2.24) is 10.3 Å². The standard InChI is InChI=1S/C17H13ClF3N3O5S/c18-11-6-5-10(17(19,20)21)7-14(11)30(27,28)23-22-15(25)8-24-12-3-1-2-4-13(12)29-9-16(24)26/h1-7,23H,8-9H2,(H,22,25). The average molecular weight is 464 g/mol. The number of ether oxygens (including phenoxy) is 1. The molecule has 0 unspecified atom stereocenters. The van der Waals surface area contributed by atoms with Crippen LogP contribution in [-0.4, -0.2) is 33.4 Å². The molecule has 0 saturated heterocycles. The second-order valence-corrected chi connectivity index (χ2v) is 8.09. The van der Waals surface area contributed by atoms with Crippen molar-refractivity contribution >= 4 is 39.1 Å². The third-order valence-corrected chi connectivity index (χ3v) is 5.71. The number of para-hydroxylation sites is 2. The molecule has 8 nitrogen and oxygen atoms in total. The van der Waals surface area contributed by atoms with Gasteiger partial charge in [-0.15, -0.1) is 4.83 Å². The lowest BCUT2D eigenvalue weighted by Gasteiger charge is -2.28. The summed E-state index contributed by atoms with van der Waals surface area (Å²) < 4.78 is 68.4. The molecule has 0 bridgehead atoms. The molecule has 0 radical (unpaired) electrons. The van der Waals surface area contributed by atoms with Crippen LogP contribution in [0.5, 0.6) is 5.75 Å². The molecule has 2 amide bonds. The van der Waals surface area contributed by atoms with Crippen LogP contribution in [0.4, 0.5) is 18.9 Å². The molecule has 0 aromatic heterocycles. The van der Waals surface area contributed by atoms with Crippen LogP contribution >= 0.6 is 11.6 Å². The first-order chi connectivity index (χ1) is 14.0. The summed E-state index contributed by atoms with van der Waals surface area (Å²) in [4.78, 5) is 26.1. The second kappa shape index (κ2) is 8.13. The number of hydrogen-bond donors (Lipinski definition) is 2. The van der Waals surface area contributed by atoms with Gasteiger partial charge in [0, 0.05) is 0 Å². The van der Waals surface area contributed by atoms with E-state index >= 15 is 0 Å². The maximum Gasteiger partial charge on any atom is 0.416 e. The van der Waals surface area contributed by atoms with Gasteiger partial charge in [0.1, 0.15) is 17.2 Å². The summed E-state index contributed by atoms with van der Waals surface area (Å²) in [7, 11) is -4.63. The number of carbonyl (C=O) groups is 2. The van der Waals surface area contributed by atoms with Crippen LogP contribution in [0.15, 0.2) is 47.4 Å². The van der Waals surface area contributed by atoms with E-state index < -0.39 is 50.0 Å². The summed E-state index contributed by atoms with van der Waals surface area (Å²) in [5, 5.41) is -0.470. The molecule has 0 atom stereocenters. The smallest absolute Gasteiger partial charge is 0.416 e. The Kier molecular flexibility index (Phi) is 5.92. The molecule has 160 valence electrons. The predicted molar refractivity (Wildman–Crippen MR) is 99.2 cm³/mol. The van der Waals surface area contributed by atoms with Crippen molar-refractivity contribution in [3.8, 4) is 5.75 Å². The molecule has 2 aromatic carbocycles. The van der Waals surface area contributed by atoms with Gasteiger partial charge in [-0.05, 0) is 30.3 Å². The lowest BCUT2D eigenvalue weighted by atomic mass is 10.2. The molecule has 2 aromatic rings. The summed E-state index contributed by atoms with van der Waals surface area (Å²) >= 11 is 5.71. The first-order valence-corrected chi connectivity index (χ1v) is 10.0. The van der Waals surface area contributed by atoms with Gasteiger partial charge < -0.3 is 4.74 Å². The SMILES string of the molecule is O=C(CN1C(=O)COc2ccccc21)NNS(=O)(=O)c1cc(C(F)(F)F)ccc1Cl. The first-order valence-electron chi connectivity index (χ1n) is 8.18. The minimum absolute atomic E-state index is 0.310. The highest BCUT2D eigenvalue weighted by atomic mass is 35.5. The van der Waals surface area contributed by atoms with Gasteiger partial charge in [-0.3, -0.25) is 19.9 Å². The van der Waals surface area contributed by atoms with Crippen LogP contribution in [0.25, 0.3) is 0 Å². The van der Waals surface area contributed by atoms with Crippen LogP contribution in [-0.2, 0) is 25.8 Å². The van der Waals surface area contributed by atoms with E-state index in [9.17, 15) is 31.2 Å². The number of nitrogens with zero attached hydrogens (tertiary/aromatic N) is 1. The molecule has 1 heterocycles. The highest BCUT2D eigenvalue weighted by Gasteiger charge is 2.33. The first kappa shape index (κ1) is 21.9. The average Bonchev–Trinajstić information content (AvgIpc) is 2.68. The van der Waals surface area contributed by atoms with Gasteiger partial charge in [0.15, 0.2) is 6.61 Å².